The van der Waals surface area contributed by atoms with Crippen LogP contribution in [0.25, 0.3) is 0 Å². The lowest BCUT2D eigenvalue weighted by Crippen LogP contribution is -2.02. The van der Waals surface area contributed by atoms with E-state index < -0.39 is 0 Å². The van der Waals surface area contributed by atoms with E-state index in [1.807, 2.05) is 31.2 Å². The van der Waals surface area contributed by atoms with Gasteiger partial charge in [-0.15, -0.1) is 11.3 Å². The van der Waals surface area contributed by atoms with Crippen molar-refractivity contribution in [1.82, 2.24) is 0 Å². The Labute approximate surface area is 125 Å². The Bertz CT molecular complexity index is 631. The Hall–Kier alpha value is -1.51. The van der Waals surface area contributed by atoms with Gasteiger partial charge < -0.3 is 10.1 Å². The molecule has 98 valence electrons. The van der Waals surface area contributed by atoms with E-state index in [9.17, 15) is 0 Å². The molecule has 0 fully saturated rings. The van der Waals surface area contributed by atoms with Gasteiger partial charge >= 0.3 is 0 Å². The average Bonchev–Trinajstić information content (AvgIpc) is 2.84. The third-order valence-corrected chi connectivity index (χ3v) is 4.14. The van der Waals surface area contributed by atoms with Gasteiger partial charge in [0.2, 0.25) is 0 Å². The Morgan fingerprint density at radius 2 is 2.21 bits per heavy atom. The highest BCUT2D eigenvalue weighted by Gasteiger charge is 2.08. The SMILES string of the molecule is COc1cc(Br)cc(C)c1NCc1ccc(C#N)s1. The van der Waals surface area contributed by atoms with Crippen LogP contribution in [-0.4, -0.2) is 7.11 Å². The van der Waals surface area contributed by atoms with Crippen molar-refractivity contribution in [2.75, 3.05) is 12.4 Å². The standard InChI is InChI=1S/C14H13BrN2OS/c1-9-5-10(15)6-13(18-2)14(9)17-8-12-4-3-11(7-16)19-12/h3-6,17H,8H2,1-2H3. The first kappa shape index (κ1) is 13.9. The molecule has 0 spiro atoms. The van der Waals surface area contributed by atoms with Crippen LogP contribution < -0.4 is 10.1 Å². The molecule has 1 N–H and O–H groups in total. The number of anilines is 1. The van der Waals surface area contributed by atoms with Crippen molar-refractivity contribution in [2.24, 2.45) is 0 Å². The summed E-state index contributed by atoms with van der Waals surface area (Å²) in [6.07, 6.45) is 0. The minimum atomic E-state index is 0.686. The number of methoxy groups -OCH3 is 1. The van der Waals surface area contributed by atoms with Gasteiger partial charge in [0, 0.05) is 15.9 Å². The van der Waals surface area contributed by atoms with Gasteiger partial charge in [0.15, 0.2) is 0 Å². The lowest BCUT2D eigenvalue weighted by Gasteiger charge is -2.14. The van der Waals surface area contributed by atoms with Crippen LogP contribution in [0.3, 0.4) is 0 Å². The van der Waals surface area contributed by atoms with Crippen LogP contribution in [0.15, 0.2) is 28.7 Å². The summed E-state index contributed by atoms with van der Waals surface area (Å²) in [5, 5.41) is 12.2. The first-order valence-corrected chi connectivity index (χ1v) is 7.32. The molecule has 0 saturated heterocycles. The van der Waals surface area contributed by atoms with Crippen molar-refractivity contribution in [3.63, 3.8) is 0 Å². The molecule has 1 aromatic heterocycles. The number of hydrogen-bond donors (Lipinski definition) is 1. The molecule has 0 unspecified atom stereocenters. The van der Waals surface area contributed by atoms with E-state index in [4.69, 9.17) is 10.00 Å². The zero-order chi connectivity index (χ0) is 13.8. The number of nitriles is 1. The van der Waals surface area contributed by atoms with Crippen LogP contribution in [0, 0.1) is 18.3 Å². The first-order chi connectivity index (χ1) is 9.13. The Morgan fingerprint density at radius 1 is 1.42 bits per heavy atom. The van der Waals surface area contributed by atoms with Gasteiger partial charge in [-0.25, -0.2) is 0 Å². The highest BCUT2D eigenvalue weighted by atomic mass is 79.9. The van der Waals surface area contributed by atoms with Crippen molar-refractivity contribution in [1.29, 1.82) is 5.26 Å². The van der Waals surface area contributed by atoms with Crippen molar-refractivity contribution in [3.8, 4) is 11.8 Å². The minimum Gasteiger partial charge on any atom is -0.495 e. The Morgan fingerprint density at radius 3 is 2.84 bits per heavy atom. The summed E-state index contributed by atoms with van der Waals surface area (Å²) in [7, 11) is 1.66. The second-order valence-electron chi connectivity index (χ2n) is 4.03. The van der Waals surface area contributed by atoms with Gasteiger partial charge in [-0.05, 0) is 36.8 Å². The predicted molar refractivity (Wildman–Crippen MR) is 81.8 cm³/mol. The maximum atomic E-state index is 8.81. The fourth-order valence-corrected chi connectivity index (χ4v) is 3.10. The molecule has 1 aromatic carbocycles. The first-order valence-electron chi connectivity index (χ1n) is 5.71. The van der Waals surface area contributed by atoms with Crippen molar-refractivity contribution < 1.29 is 4.74 Å². The number of halogens is 1. The number of hydrogen-bond acceptors (Lipinski definition) is 4. The summed E-state index contributed by atoms with van der Waals surface area (Å²) in [5.41, 5.74) is 2.10. The summed E-state index contributed by atoms with van der Waals surface area (Å²) in [4.78, 5) is 1.86. The van der Waals surface area contributed by atoms with Crippen molar-refractivity contribution in [2.45, 2.75) is 13.5 Å². The molecule has 0 atom stereocenters. The van der Waals surface area contributed by atoms with E-state index in [0.717, 1.165) is 31.2 Å². The van der Waals surface area contributed by atoms with E-state index >= 15 is 0 Å². The van der Waals surface area contributed by atoms with Crippen LogP contribution in [0.5, 0.6) is 5.75 Å². The molecule has 0 bridgehead atoms. The quantitative estimate of drug-likeness (QED) is 0.904. The largest absolute Gasteiger partial charge is 0.495 e. The molecule has 0 amide bonds. The van der Waals surface area contributed by atoms with Crippen molar-refractivity contribution in [3.05, 3.63) is 44.1 Å². The lowest BCUT2D eigenvalue weighted by molar-refractivity contribution is 0.416. The van der Waals surface area contributed by atoms with Crippen LogP contribution in [0.4, 0.5) is 5.69 Å². The molecule has 0 saturated carbocycles. The van der Waals surface area contributed by atoms with E-state index in [2.05, 4.69) is 27.3 Å². The van der Waals surface area contributed by atoms with E-state index in [1.54, 1.807) is 7.11 Å². The molecule has 1 heterocycles. The van der Waals surface area contributed by atoms with Gasteiger partial charge in [0.05, 0.1) is 12.8 Å². The van der Waals surface area contributed by atoms with Gasteiger partial charge in [0.25, 0.3) is 0 Å². The number of nitrogens with one attached hydrogen (secondary N) is 1. The highest BCUT2D eigenvalue weighted by molar-refractivity contribution is 9.10. The molecular weight excluding hydrogens is 324 g/mol. The van der Waals surface area contributed by atoms with E-state index in [-0.39, 0.29) is 0 Å². The maximum absolute atomic E-state index is 8.81. The number of thiophene rings is 1. The summed E-state index contributed by atoms with van der Waals surface area (Å²) in [6.45, 7) is 2.72. The Kier molecular flexibility index (Phi) is 4.46. The second-order valence-corrected chi connectivity index (χ2v) is 6.12. The number of benzene rings is 1. The smallest absolute Gasteiger partial charge is 0.143 e. The summed E-state index contributed by atoms with van der Waals surface area (Å²) in [6, 6.07) is 9.93. The zero-order valence-electron chi connectivity index (χ0n) is 10.7. The maximum Gasteiger partial charge on any atom is 0.143 e. The number of nitrogens with zero attached hydrogens (tertiary/aromatic N) is 1. The van der Waals surface area contributed by atoms with E-state index in [0.29, 0.717) is 6.54 Å². The number of ether oxygens (including phenoxy) is 1. The van der Waals surface area contributed by atoms with Gasteiger partial charge in [-0.3, -0.25) is 0 Å². The molecule has 0 aliphatic heterocycles. The van der Waals surface area contributed by atoms with Crippen LogP contribution >= 0.6 is 27.3 Å². The molecule has 2 aromatic rings. The molecule has 3 nitrogen and oxygen atoms in total. The summed E-state index contributed by atoms with van der Waals surface area (Å²) >= 11 is 4.96. The van der Waals surface area contributed by atoms with Crippen molar-refractivity contribution >= 4 is 33.0 Å². The van der Waals surface area contributed by atoms with Gasteiger partial charge in [-0.1, -0.05) is 15.9 Å². The van der Waals surface area contributed by atoms with E-state index in [1.165, 1.54) is 11.3 Å². The topological polar surface area (TPSA) is 45.0 Å². The molecule has 0 aliphatic carbocycles. The monoisotopic (exact) mass is 336 g/mol. The highest BCUT2D eigenvalue weighted by Crippen LogP contribution is 2.32. The fraction of sp³-hybridized carbons (Fsp3) is 0.214. The minimum absolute atomic E-state index is 0.686. The van der Waals surface area contributed by atoms with Gasteiger partial charge in [0.1, 0.15) is 16.7 Å². The molecule has 0 aliphatic rings. The lowest BCUT2D eigenvalue weighted by atomic mass is 10.2. The Balaban J connectivity index is 2.17. The molecular formula is C14H13BrN2OS. The van der Waals surface area contributed by atoms with Gasteiger partial charge in [-0.2, -0.15) is 5.26 Å². The summed E-state index contributed by atoms with van der Waals surface area (Å²) < 4.78 is 6.38. The molecule has 5 heteroatoms. The average molecular weight is 337 g/mol. The number of rotatable bonds is 4. The molecule has 0 radical (unpaired) electrons. The molecule has 2 rings (SSSR count). The third kappa shape index (κ3) is 3.28. The molecule has 19 heavy (non-hydrogen) atoms. The van der Waals surface area contributed by atoms with Crippen LogP contribution in [0.2, 0.25) is 0 Å². The second kappa shape index (κ2) is 6.09. The predicted octanol–water partition coefficient (Wildman–Crippen LogP) is 4.31. The zero-order valence-corrected chi connectivity index (χ0v) is 13.1. The fourth-order valence-electron chi connectivity index (χ4n) is 1.81. The number of aryl methyl sites for hydroxylation is 1. The summed E-state index contributed by atoms with van der Waals surface area (Å²) in [5.74, 6) is 0.809. The normalized spacial score (nSPS) is 10.0. The van der Waals surface area contributed by atoms with Crippen LogP contribution in [0.1, 0.15) is 15.3 Å². The third-order valence-electron chi connectivity index (χ3n) is 2.70. The van der Waals surface area contributed by atoms with Crippen LogP contribution in [-0.2, 0) is 6.54 Å².